The molecule has 0 saturated heterocycles. The summed E-state index contributed by atoms with van der Waals surface area (Å²) in [6.07, 6.45) is 7.50. The van der Waals surface area contributed by atoms with E-state index in [0.717, 1.165) is 12.3 Å². The number of hydrogen-bond donors (Lipinski definition) is 0. The Bertz CT molecular complexity index is 372. The summed E-state index contributed by atoms with van der Waals surface area (Å²) in [6, 6.07) is 10.6. The van der Waals surface area contributed by atoms with Gasteiger partial charge in [-0.1, -0.05) is 62.9 Å². The molecule has 0 amide bonds. The molecule has 0 bridgehead atoms. The zero-order valence-corrected chi connectivity index (χ0v) is 11.3. The lowest BCUT2D eigenvalue weighted by Gasteiger charge is -2.03. The summed E-state index contributed by atoms with van der Waals surface area (Å²) in [4.78, 5) is 4.67. The predicted molar refractivity (Wildman–Crippen MR) is 75.9 cm³/mol. The summed E-state index contributed by atoms with van der Waals surface area (Å²) < 4.78 is 5.68. The average Bonchev–Trinajstić information content (AvgIpc) is 2.88. The third kappa shape index (κ3) is 3.86. The normalized spacial score (nSPS) is 18.5. The molecule has 1 heterocycles. The number of nitrogens with zero attached hydrogens (tertiary/aromatic N) is 1. The van der Waals surface area contributed by atoms with Crippen molar-refractivity contribution in [2.45, 2.75) is 51.5 Å². The van der Waals surface area contributed by atoms with Crippen LogP contribution < -0.4 is 0 Å². The summed E-state index contributed by atoms with van der Waals surface area (Å²) in [6.45, 7) is 2.96. The first-order valence-corrected chi connectivity index (χ1v) is 7.14. The molecule has 1 atom stereocenters. The fourth-order valence-electron chi connectivity index (χ4n) is 2.29. The van der Waals surface area contributed by atoms with Gasteiger partial charge in [-0.15, -0.1) is 0 Å². The first-order chi connectivity index (χ1) is 8.90. The van der Waals surface area contributed by atoms with Crippen molar-refractivity contribution >= 4 is 5.90 Å². The highest BCUT2D eigenvalue weighted by molar-refractivity contribution is 5.77. The van der Waals surface area contributed by atoms with Crippen molar-refractivity contribution in [2.24, 2.45) is 4.99 Å². The molecule has 0 radical (unpaired) electrons. The Labute approximate surface area is 110 Å². The Hall–Kier alpha value is -1.31. The van der Waals surface area contributed by atoms with Gasteiger partial charge >= 0.3 is 0 Å². The van der Waals surface area contributed by atoms with Gasteiger partial charge in [0.1, 0.15) is 12.6 Å². The highest BCUT2D eigenvalue weighted by Crippen LogP contribution is 2.24. The Balaban J connectivity index is 1.75. The molecule has 2 rings (SSSR count). The lowest BCUT2D eigenvalue weighted by molar-refractivity contribution is 0.310. The van der Waals surface area contributed by atoms with Crippen LogP contribution in [0.2, 0.25) is 0 Å². The van der Waals surface area contributed by atoms with E-state index in [0.29, 0.717) is 6.61 Å². The zero-order chi connectivity index (χ0) is 12.6. The van der Waals surface area contributed by atoms with Crippen molar-refractivity contribution < 1.29 is 4.74 Å². The van der Waals surface area contributed by atoms with Gasteiger partial charge in [0.25, 0.3) is 0 Å². The average molecular weight is 245 g/mol. The predicted octanol–water partition coefficient (Wildman–Crippen LogP) is 4.52. The van der Waals surface area contributed by atoms with Crippen LogP contribution in [0.5, 0.6) is 0 Å². The number of aliphatic imine (C=N–C) groups is 1. The summed E-state index contributed by atoms with van der Waals surface area (Å²) in [5, 5.41) is 0. The molecule has 0 aliphatic carbocycles. The van der Waals surface area contributed by atoms with Gasteiger partial charge in [-0.05, 0) is 12.0 Å². The molecule has 0 N–H and O–H groups in total. The second-order valence-electron chi connectivity index (χ2n) is 4.92. The maximum atomic E-state index is 5.68. The fourth-order valence-corrected chi connectivity index (χ4v) is 2.29. The molecular formula is C16H23NO. The van der Waals surface area contributed by atoms with Crippen LogP contribution >= 0.6 is 0 Å². The lowest BCUT2D eigenvalue weighted by Crippen LogP contribution is -1.99. The van der Waals surface area contributed by atoms with Gasteiger partial charge in [-0.2, -0.15) is 0 Å². The minimum Gasteiger partial charge on any atom is -0.478 e. The molecule has 0 saturated carbocycles. The molecule has 98 valence electrons. The van der Waals surface area contributed by atoms with E-state index in [1.54, 1.807) is 0 Å². The molecule has 1 aromatic carbocycles. The number of benzene rings is 1. The Kier molecular flexibility index (Phi) is 5.25. The SMILES string of the molecule is CCCCCCCC1=NC(c2ccccc2)CO1. The van der Waals surface area contributed by atoms with Gasteiger partial charge in [-0.3, -0.25) is 0 Å². The van der Waals surface area contributed by atoms with Crippen LogP contribution in [0.4, 0.5) is 0 Å². The third-order valence-electron chi connectivity index (χ3n) is 3.39. The third-order valence-corrected chi connectivity index (χ3v) is 3.39. The van der Waals surface area contributed by atoms with Gasteiger partial charge in [0.15, 0.2) is 5.90 Å². The smallest absolute Gasteiger partial charge is 0.184 e. The Morgan fingerprint density at radius 1 is 1.11 bits per heavy atom. The highest BCUT2D eigenvalue weighted by Gasteiger charge is 2.19. The van der Waals surface area contributed by atoms with Crippen molar-refractivity contribution in [2.75, 3.05) is 6.61 Å². The number of rotatable bonds is 7. The largest absolute Gasteiger partial charge is 0.478 e. The van der Waals surface area contributed by atoms with E-state index >= 15 is 0 Å². The second kappa shape index (κ2) is 7.20. The maximum absolute atomic E-state index is 5.68. The van der Waals surface area contributed by atoms with Gasteiger partial charge in [0.05, 0.1) is 0 Å². The zero-order valence-electron chi connectivity index (χ0n) is 11.3. The van der Waals surface area contributed by atoms with Crippen molar-refractivity contribution in [3.05, 3.63) is 35.9 Å². The van der Waals surface area contributed by atoms with E-state index in [1.807, 2.05) is 6.07 Å². The number of hydrogen-bond acceptors (Lipinski definition) is 2. The van der Waals surface area contributed by atoms with Crippen LogP contribution in [-0.2, 0) is 4.74 Å². The van der Waals surface area contributed by atoms with Crippen LogP contribution in [0.1, 0.15) is 57.1 Å². The summed E-state index contributed by atoms with van der Waals surface area (Å²) in [5.74, 6) is 0.959. The highest BCUT2D eigenvalue weighted by atomic mass is 16.5. The van der Waals surface area contributed by atoms with Gasteiger partial charge in [0, 0.05) is 6.42 Å². The number of ether oxygens (including phenoxy) is 1. The van der Waals surface area contributed by atoms with E-state index in [4.69, 9.17) is 4.74 Å². The van der Waals surface area contributed by atoms with E-state index in [2.05, 4.69) is 36.2 Å². The minimum atomic E-state index is 0.219. The van der Waals surface area contributed by atoms with Crippen molar-refractivity contribution in [1.82, 2.24) is 0 Å². The molecule has 1 aliphatic rings. The monoisotopic (exact) mass is 245 g/mol. The van der Waals surface area contributed by atoms with E-state index in [9.17, 15) is 0 Å². The van der Waals surface area contributed by atoms with Crippen LogP contribution in [0.3, 0.4) is 0 Å². The Morgan fingerprint density at radius 2 is 1.89 bits per heavy atom. The summed E-state index contributed by atoms with van der Waals surface area (Å²) >= 11 is 0. The molecule has 1 aliphatic heterocycles. The first-order valence-electron chi connectivity index (χ1n) is 7.14. The van der Waals surface area contributed by atoms with Gasteiger partial charge in [0.2, 0.25) is 0 Å². The molecule has 2 nitrogen and oxygen atoms in total. The molecule has 0 spiro atoms. The first kappa shape index (κ1) is 13.1. The van der Waals surface area contributed by atoms with Crippen molar-refractivity contribution in [3.63, 3.8) is 0 Å². The molecule has 18 heavy (non-hydrogen) atoms. The molecule has 1 unspecified atom stereocenters. The lowest BCUT2D eigenvalue weighted by atomic mass is 10.1. The van der Waals surface area contributed by atoms with E-state index < -0.39 is 0 Å². The maximum Gasteiger partial charge on any atom is 0.184 e. The van der Waals surface area contributed by atoms with Crippen LogP contribution in [0, 0.1) is 0 Å². The molecular weight excluding hydrogens is 222 g/mol. The molecule has 2 heteroatoms. The van der Waals surface area contributed by atoms with Gasteiger partial charge < -0.3 is 4.74 Å². The standard InChI is InChI=1S/C16H23NO/c1-2-3-4-5-9-12-16-17-15(13-18-16)14-10-7-6-8-11-14/h6-8,10-11,15H,2-5,9,12-13H2,1H3. The fraction of sp³-hybridized carbons (Fsp3) is 0.562. The van der Waals surface area contributed by atoms with Gasteiger partial charge in [-0.25, -0.2) is 4.99 Å². The topological polar surface area (TPSA) is 21.6 Å². The number of unbranched alkanes of at least 4 members (excludes halogenated alkanes) is 4. The van der Waals surface area contributed by atoms with Crippen molar-refractivity contribution in [3.8, 4) is 0 Å². The molecule has 0 aromatic heterocycles. The Morgan fingerprint density at radius 3 is 2.67 bits per heavy atom. The van der Waals surface area contributed by atoms with E-state index in [1.165, 1.54) is 37.7 Å². The minimum absolute atomic E-state index is 0.219. The molecule has 1 aromatic rings. The van der Waals surface area contributed by atoms with Crippen LogP contribution in [-0.4, -0.2) is 12.5 Å². The van der Waals surface area contributed by atoms with Crippen LogP contribution in [0.25, 0.3) is 0 Å². The summed E-state index contributed by atoms with van der Waals surface area (Å²) in [7, 11) is 0. The summed E-state index contributed by atoms with van der Waals surface area (Å²) in [5.41, 5.74) is 1.26. The second-order valence-corrected chi connectivity index (χ2v) is 4.92. The van der Waals surface area contributed by atoms with Crippen molar-refractivity contribution in [1.29, 1.82) is 0 Å². The molecule has 0 fully saturated rings. The quantitative estimate of drug-likeness (QED) is 0.647. The van der Waals surface area contributed by atoms with E-state index in [-0.39, 0.29) is 6.04 Å². The van der Waals surface area contributed by atoms with Crippen LogP contribution in [0.15, 0.2) is 35.3 Å².